The van der Waals surface area contributed by atoms with Gasteiger partial charge in [-0.1, -0.05) is 52.7 Å². The fraction of sp³-hybridized carbons (Fsp3) is 0.375. The van der Waals surface area contributed by atoms with Gasteiger partial charge in [-0.2, -0.15) is 4.98 Å². The number of rotatable bonds is 5. The highest BCUT2D eigenvalue weighted by molar-refractivity contribution is 5.79. The molecule has 0 N–H and O–H groups in total. The van der Waals surface area contributed by atoms with E-state index in [1.807, 2.05) is 38.2 Å². The van der Waals surface area contributed by atoms with Gasteiger partial charge in [0.1, 0.15) is 0 Å². The average Bonchev–Trinajstić information content (AvgIpc) is 3.22. The minimum absolute atomic E-state index is 0.0236. The van der Waals surface area contributed by atoms with E-state index < -0.39 is 0 Å². The summed E-state index contributed by atoms with van der Waals surface area (Å²) in [5.41, 5.74) is 4.51. The number of hydrogen-bond donors (Lipinski definition) is 0. The highest BCUT2D eigenvalue weighted by atomic mass is 16.5. The Morgan fingerprint density at radius 2 is 1.77 bits per heavy atom. The number of carbonyl (C=O) groups excluding carboxylic acids is 1. The zero-order valence-electron chi connectivity index (χ0n) is 17.8. The van der Waals surface area contributed by atoms with E-state index in [0.29, 0.717) is 18.3 Å². The molecule has 1 aliphatic heterocycles. The van der Waals surface area contributed by atoms with Crippen molar-refractivity contribution in [3.05, 3.63) is 65.5 Å². The van der Waals surface area contributed by atoms with Crippen LogP contribution in [0.2, 0.25) is 0 Å². The average molecular weight is 405 g/mol. The van der Waals surface area contributed by atoms with Crippen molar-refractivity contribution in [1.29, 1.82) is 0 Å². The van der Waals surface area contributed by atoms with Crippen LogP contribution in [0.3, 0.4) is 0 Å². The molecular formula is C24H28N4O2. The molecule has 1 atom stereocenters. The van der Waals surface area contributed by atoms with E-state index in [1.165, 1.54) is 16.8 Å². The van der Waals surface area contributed by atoms with Gasteiger partial charge in [-0.25, -0.2) is 0 Å². The van der Waals surface area contributed by atoms with E-state index in [1.54, 1.807) is 4.90 Å². The molecule has 0 bridgehead atoms. The molecule has 1 unspecified atom stereocenters. The topological polar surface area (TPSA) is 62.5 Å². The summed E-state index contributed by atoms with van der Waals surface area (Å²) in [5.74, 6) is 1.10. The molecule has 1 aliphatic rings. The predicted octanol–water partition coefficient (Wildman–Crippen LogP) is 4.23. The molecule has 1 aromatic heterocycles. The number of benzene rings is 2. The molecule has 2 heterocycles. The molecule has 6 nitrogen and oxygen atoms in total. The second-order valence-corrected chi connectivity index (χ2v) is 8.19. The smallest absolute Gasteiger partial charge is 0.246 e. The molecule has 30 heavy (non-hydrogen) atoms. The molecular weight excluding hydrogens is 376 g/mol. The van der Waals surface area contributed by atoms with Crippen LogP contribution in [-0.4, -0.2) is 41.1 Å². The van der Waals surface area contributed by atoms with Gasteiger partial charge >= 0.3 is 0 Å². The quantitative estimate of drug-likeness (QED) is 0.637. The summed E-state index contributed by atoms with van der Waals surface area (Å²) >= 11 is 0. The molecule has 0 spiro atoms. The molecule has 156 valence electrons. The number of anilines is 1. The van der Waals surface area contributed by atoms with Crippen molar-refractivity contribution in [2.45, 2.75) is 33.2 Å². The van der Waals surface area contributed by atoms with Crippen LogP contribution in [0.5, 0.6) is 0 Å². The Hall–Kier alpha value is -3.15. The maximum atomic E-state index is 13.1. The number of amides is 1. The first-order valence-electron chi connectivity index (χ1n) is 10.5. The SMILES string of the molecule is Cc1ccc(-c2noc(CN(C)C(=O)C3CCCN(c4ccc(C)cc4)C3)n2)cc1. The Bertz CT molecular complexity index is 995. The minimum atomic E-state index is -0.0236. The van der Waals surface area contributed by atoms with E-state index in [0.717, 1.165) is 31.5 Å². The Labute approximate surface area is 177 Å². The van der Waals surface area contributed by atoms with Gasteiger partial charge in [-0.15, -0.1) is 0 Å². The molecule has 1 saturated heterocycles. The summed E-state index contributed by atoms with van der Waals surface area (Å²) in [6.45, 7) is 6.17. The lowest BCUT2D eigenvalue weighted by molar-refractivity contribution is -0.135. The number of hydrogen-bond acceptors (Lipinski definition) is 5. The van der Waals surface area contributed by atoms with E-state index in [9.17, 15) is 4.79 Å². The number of aromatic nitrogens is 2. The van der Waals surface area contributed by atoms with E-state index in [-0.39, 0.29) is 11.8 Å². The summed E-state index contributed by atoms with van der Waals surface area (Å²) in [4.78, 5) is 21.5. The van der Waals surface area contributed by atoms with Gasteiger partial charge < -0.3 is 14.3 Å². The first-order valence-corrected chi connectivity index (χ1v) is 10.5. The third kappa shape index (κ3) is 4.53. The van der Waals surface area contributed by atoms with Crippen molar-refractivity contribution >= 4 is 11.6 Å². The molecule has 3 aromatic rings. The Kier molecular flexibility index (Phi) is 5.84. The summed E-state index contributed by atoms with van der Waals surface area (Å²) in [6.07, 6.45) is 1.92. The number of piperidine rings is 1. The number of nitrogens with zero attached hydrogens (tertiary/aromatic N) is 4. The van der Waals surface area contributed by atoms with Crippen molar-refractivity contribution in [3.8, 4) is 11.4 Å². The van der Waals surface area contributed by atoms with Gasteiger partial charge in [-0.3, -0.25) is 4.79 Å². The van der Waals surface area contributed by atoms with Crippen molar-refractivity contribution in [2.24, 2.45) is 5.92 Å². The zero-order valence-corrected chi connectivity index (χ0v) is 17.8. The minimum Gasteiger partial charge on any atom is -0.371 e. The first-order chi connectivity index (χ1) is 14.5. The standard InChI is InChI=1S/C24H28N4O2/c1-17-6-10-19(11-7-17)23-25-22(30-26-23)16-27(3)24(29)20-5-4-14-28(15-20)21-12-8-18(2)9-13-21/h6-13,20H,4-5,14-16H2,1-3H3. The Morgan fingerprint density at radius 3 is 2.47 bits per heavy atom. The molecule has 1 amide bonds. The highest BCUT2D eigenvalue weighted by Crippen LogP contribution is 2.25. The van der Waals surface area contributed by atoms with Crippen molar-refractivity contribution in [1.82, 2.24) is 15.0 Å². The van der Waals surface area contributed by atoms with Gasteiger partial charge in [0.25, 0.3) is 0 Å². The van der Waals surface area contributed by atoms with Gasteiger partial charge in [0.15, 0.2) is 0 Å². The summed E-state index contributed by atoms with van der Waals surface area (Å²) in [7, 11) is 1.81. The monoisotopic (exact) mass is 404 g/mol. The van der Waals surface area contributed by atoms with Crippen LogP contribution in [0.1, 0.15) is 29.9 Å². The van der Waals surface area contributed by atoms with Crippen molar-refractivity contribution in [3.63, 3.8) is 0 Å². The summed E-state index contributed by atoms with van der Waals surface area (Å²) in [6, 6.07) is 16.5. The molecule has 4 rings (SSSR count). The maximum absolute atomic E-state index is 13.1. The second-order valence-electron chi connectivity index (χ2n) is 8.19. The van der Waals surface area contributed by atoms with Crippen LogP contribution in [0.25, 0.3) is 11.4 Å². The lowest BCUT2D eigenvalue weighted by Crippen LogP contribution is -2.43. The molecule has 0 saturated carbocycles. The second kappa shape index (κ2) is 8.69. The van der Waals surface area contributed by atoms with Crippen LogP contribution in [0.15, 0.2) is 53.1 Å². The maximum Gasteiger partial charge on any atom is 0.246 e. The third-order valence-corrected chi connectivity index (χ3v) is 5.70. The van der Waals surface area contributed by atoms with Crippen LogP contribution in [-0.2, 0) is 11.3 Å². The number of aryl methyl sites for hydroxylation is 2. The van der Waals surface area contributed by atoms with Gasteiger partial charge in [-0.05, 0) is 38.8 Å². The molecule has 1 fully saturated rings. The predicted molar refractivity (Wildman–Crippen MR) is 117 cm³/mol. The van der Waals surface area contributed by atoms with Gasteiger partial charge in [0.05, 0.1) is 12.5 Å². The van der Waals surface area contributed by atoms with Crippen LogP contribution in [0.4, 0.5) is 5.69 Å². The lowest BCUT2D eigenvalue weighted by atomic mass is 9.96. The summed E-state index contributed by atoms with van der Waals surface area (Å²) in [5, 5.41) is 4.07. The largest absolute Gasteiger partial charge is 0.371 e. The van der Waals surface area contributed by atoms with Crippen LogP contribution < -0.4 is 4.90 Å². The van der Waals surface area contributed by atoms with Gasteiger partial charge in [0, 0.05) is 31.4 Å². The molecule has 6 heteroatoms. The Balaban J connectivity index is 1.38. The van der Waals surface area contributed by atoms with Crippen molar-refractivity contribution in [2.75, 3.05) is 25.0 Å². The highest BCUT2D eigenvalue weighted by Gasteiger charge is 2.29. The molecule has 0 aliphatic carbocycles. The van der Waals surface area contributed by atoms with Crippen LogP contribution >= 0.6 is 0 Å². The van der Waals surface area contributed by atoms with Crippen LogP contribution in [0, 0.1) is 19.8 Å². The molecule has 0 radical (unpaired) electrons. The normalized spacial score (nSPS) is 16.5. The van der Waals surface area contributed by atoms with Gasteiger partial charge in [0.2, 0.25) is 17.6 Å². The van der Waals surface area contributed by atoms with Crippen molar-refractivity contribution < 1.29 is 9.32 Å². The van der Waals surface area contributed by atoms with E-state index in [4.69, 9.17) is 4.52 Å². The fourth-order valence-electron chi connectivity index (χ4n) is 3.90. The molecule has 2 aromatic carbocycles. The first kappa shape index (κ1) is 20.1. The fourth-order valence-corrected chi connectivity index (χ4v) is 3.90. The summed E-state index contributed by atoms with van der Waals surface area (Å²) < 4.78 is 5.39. The lowest BCUT2D eigenvalue weighted by Gasteiger charge is -2.35. The zero-order chi connectivity index (χ0) is 21.1. The Morgan fingerprint density at radius 1 is 1.10 bits per heavy atom. The third-order valence-electron chi connectivity index (χ3n) is 5.70. The number of carbonyl (C=O) groups is 1. The van der Waals surface area contributed by atoms with E-state index >= 15 is 0 Å². The van der Waals surface area contributed by atoms with E-state index in [2.05, 4.69) is 46.2 Å².